The summed E-state index contributed by atoms with van der Waals surface area (Å²) in [5, 5.41) is 0. The first-order valence-corrected chi connectivity index (χ1v) is 6.34. The maximum Gasteiger partial charge on any atom is 0.0536 e. The van der Waals surface area contributed by atoms with Crippen molar-refractivity contribution >= 4 is 0 Å². The van der Waals surface area contributed by atoms with Crippen LogP contribution in [0.3, 0.4) is 0 Å². The molecule has 0 amide bonds. The number of rotatable bonds is 4. The molecule has 2 aliphatic carbocycles. The van der Waals surface area contributed by atoms with Gasteiger partial charge in [-0.15, -0.1) is 0 Å². The Balaban J connectivity index is 1.85. The highest BCUT2D eigenvalue weighted by Gasteiger charge is 2.33. The molecule has 1 nitrogen and oxygen atoms in total. The van der Waals surface area contributed by atoms with Crippen LogP contribution in [0.4, 0.5) is 0 Å². The standard InChI is InChI=1S/C14H24O/c1-11-5-4-8-14(2,3)13(11)10-15-9-12-6-7-12/h5,12-13H,4,6-10H2,1-3H3. The third-order valence-electron chi connectivity index (χ3n) is 4.08. The van der Waals surface area contributed by atoms with Crippen LogP contribution in [0.2, 0.25) is 0 Å². The van der Waals surface area contributed by atoms with Crippen LogP contribution < -0.4 is 0 Å². The van der Waals surface area contributed by atoms with Gasteiger partial charge in [-0.1, -0.05) is 25.5 Å². The number of hydrogen-bond donors (Lipinski definition) is 0. The van der Waals surface area contributed by atoms with E-state index in [2.05, 4.69) is 26.8 Å². The van der Waals surface area contributed by atoms with Gasteiger partial charge in [-0.05, 0) is 43.9 Å². The van der Waals surface area contributed by atoms with Gasteiger partial charge in [0.25, 0.3) is 0 Å². The molecule has 0 spiro atoms. The van der Waals surface area contributed by atoms with E-state index >= 15 is 0 Å². The Labute approximate surface area is 93.9 Å². The Morgan fingerprint density at radius 1 is 1.33 bits per heavy atom. The van der Waals surface area contributed by atoms with Gasteiger partial charge in [0.15, 0.2) is 0 Å². The lowest BCUT2D eigenvalue weighted by Crippen LogP contribution is -2.31. The van der Waals surface area contributed by atoms with Gasteiger partial charge >= 0.3 is 0 Å². The Kier molecular flexibility index (Phi) is 3.20. The molecule has 0 aromatic heterocycles. The molecule has 1 heteroatoms. The molecule has 1 saturated carbocycles. The van der Waals surface area contributed by atoms with Crippen molar-refractivity contribution in [3.05, 3.63) is 11.6 Å². The molecule has 0 aliphatic heterocycles. The minimum Gasteiger partial charge on any atom is -0.381 e. The maximum atomic E-state index is 5.86. The molecule has 0 aromatic rings. The highest BCUT2D eigenvalue weighted by Crippen LogP contribution is 2.41. The molecular formula is C14H24O. The van der Waals surface area contributed by atoms with Crippen LogP contribution in [0, 0.1) is 17.3 Å². The average Bonchev–Trinajstić information content (AvgIpc) is 2.93. The highest BCUT2D eigenvalue weighted by molar-refractivity contribution is 5.12. The van der Waals surface area contributed by atoms with E-state index < -0.39 is 0 Å². The van der Waals surface area contributed by atoms with Crippen LogP contribution in [0.1, 0.15) is 46.5 Å². The van der Waals surface area contributed by atoms with Gasteiger partial charge in [-0.3, -0.25) is 0 Å². The molecule has 0 saturated heterocycles. The van der Waals surface area contributed by atoms with Crippen LogP contribution in [-0.2, 0) is 4.74 Å². The average molecular weight is 208 g/mol. The molecule has 2 rings (SSSR count). The van der Waals surface area contributed by atoms with E-state index in [-0.39, 0.29) is 0 Å². The van der Waals surface area contributed by atoms with Gasteiger partial charge < -0.3 is 4.74 Å². The molecule has 0 heterocycles. The smallest absolute Gasteiger partial charge is 0.0536 e. The summed E-state index contributed by atoms with van der Waals surface area (Å²) in [5.41, 5.74) is 1.98. The second-order valence-electron chi connectivity index (χ2n) is 6.01. The van der Waals surface area contributed by atoms with E-state index in [9.17, 15) is 0 Å². The Bertz CT molecular complexity index is 248. The fourth-order valence-corrected chi connectivity index (χ4v) is 2.60. The molecule has 1 fully saturated rings. The number of allylic oxidation sites excluding steroid dienone is 1. The van der Waals surface area contributed by atoms with Crippen LogP contribution in [0.15, 0.2) is 11.6 Å². The van der Waals surface area contributed by atoms with E-state index in [0.717, 1.165) is 19.1 Å². The van der Waals surface area contributed by atoms with Crippen LogP contribution in [0.25, 0.3) is 0 Å². The highest BCUT2D eigenvalue weighted by atomic mass is 16.5. The predicted molar refractivity (Wildman–Crippen MR) is 63.8 cm³/mol. The zero-order valence-electron chi connectivity index (χ0n) is 10.4. The minimum absolute atomic E-state index is 0.433. The summed E-state index contributed by atoms with van der Waals surface area (Å²) in [6, 6.07) is 0. The Morgan fingerprint density at radius 2 is 2.07 bits per heavy atom. The van der Waals surface area contributed by atoms with E-state index in [1.54, 1.807) is 5.57 Å². The lowest BCUT2D eigenvalue weighted by Gasteiger charge is -2.38. The molecule has 0 N–H and O–H groups in total. The van der Waals surface area contributed by atoms with Gasteiger partial charge in [0.1, 0.15) is 0 Å². The fourth-order valence-electron chi connectivity index (χ4n) is 2.60. The molecule has 0 aromatic carbocycles. The van der Waals surface area contributed by atoms with Crippen molar-refractivity contribution in [3.63, 3.8) is 0 Å². The van der Waals surface area contributed by atoms with Crippen molar-refractivity contribution in [3.8, 4) is 0 Å². The van der Waals surface area contributed by atoms with Gasteiger partial charge in [-0.2, -0.15) is 0 Å². The molecule has 0 radical (unpaired) electrons. The first kappa shape index (κ1) is 11.2. The minimum atomic E-state index is 0.433. The SMILES string of the molecule is CC1=CCCC(C)(C)C1COCC1CC1. The van der Waals surface area contributed by atoms with Crippen molar-refractivity contribution in [2.75, 3.05) is 13.2 Å². The van der Waals surface area contributed by atoms with E-state index in [4.69, 9.17) is 4.74 Å². The normalized spacial score (nSPS) is 30.1. The van der Waals surface area contributed by atoms with E-state index in [0.29, 0.717) is 11.3 Å². The lowest BCUT2D eigenvalue weighted by molar-refractivity contribution is 0.0524. The summed E-state index contributed by atoms with van der Waals surface area (Å²) in [4.78, 5) is 0. The van der Waals surface area contributed by atoms with E-state index in [1.807, 2.05) is 0 Å². The summed E-state index contributed by atoms with van der Waals surface area (Å²) in [5.74, 6) is 1.53. The zero-order valence-corrected chi connectivity index (χ0v) is 10.4. The van der Waals surface area contributed by atoms with Crippen molar-refractivity contribution in [1.82, 2.24) is 0 Å². The molecule has 0 bridgehead atoms. The van der Waals surface area contributed by atoms with Crippen molar-refractivity contribution < 1.29 is 4.74 Å². The monoisotopic (exact) mass is 208 g/mol. The number of hydrogen-bond acceptors (Lipinski definition) is 1. The van der Waals surface area contributed by atoms with Crippen molar-refractivity contribution in [2.45, 2.75) is 46.5 Å². The summed E-state index contributed by atoms with van der Waals surface area (Å²) < 4.78 is 5.86. The summed E-state index contributed by atoms with van der Waals surface area (Å²) in [7, 11) is 0. The topological polar surface area (TPSA) is 9.23 Å². The van der Waals surface area contributed by atoms with Crippen LogP contribution >= 0.6 is 0 Å². The molecule has 15 heavy (non-hydrogen) atoms. The first-order valence-electron chi connectivity index (χ1n) is 6.34. The van der Waals surface area contributed by atoms with Gasteiger partial charge in [0.2, 0.25) is 0 Å². The predicted octanol–water partition coefficient (Wildman–Crippen LogP) is 3.80. The molecule has 2 aliphatic rings. The van der Waals surface area contributed by atoms with Gasteiger partial charge in [0, 0.05) is 12.5 Å². The molecule has 86 valence electrons. The zero-order chi connectivity index (χ0) is 10.9. The summed E-state index contributed by atoms with van der Waals surface area (Å²) in [6.45, 7) is 8.97. The molecular weight excluding hydrogens is 184 g/mol. The first-order chi connectivity index (χ1) is 7.09. The quantitative estimate of drug-likeness (QED) is 0.639. The van der Waals surface area contributed by atoms with E-state index in [1.165, 1.54) is 25.7 Å². The van der Waals surface area contributed by atoms with Crippen molar-refractivity contribution in [1.29, 1.82) is 0 Å². The summed E-state index contributed by atoms with van der Waals surface area (Å²) >= 11 is 0. The summed E-state index contributed by atoms with van der Waals surface area (Å²) in [6.07, 6.45) is 7.74. The number of ether oxygens (including phenoxy) is 1. The third-order valence-corrected chi connectivity index (χ3v) is 4.08. The molecule has 1 atom stereocenters. The maximum absolute atomic E-state index is 5.86. The van der Waals surface area contributed by atoms with Crippen LogP contribution in [-0.4, -0.2) is 13.2 Å². The van der Waals surface area contributed by atoms with Crippen LogP contribution in [0.5, 0.6) is 0 Å². The lowest BCUT2D eigenvalue weighted by atomic mass is 9.69. The van der Waals surface area contributed by atoms with Gasteiger partial charge in [0.05, 0.1) is 6.61 Å². The fraction of sp³-hybridized carbons (Fsp3) is 0.857. The van der Waals surface area contributed by atoms with Gasteiger partial charge in [-0.25, -0.2) is 0 Å². The second-order valence-corrected chi connectivity index (χ2v) is 6.01. The Morgan fingerprint density at radius 3 is 2.67 bits per heavy atom. The molecule has 1 unspecified atom stereocenters. The second kappa shape index (κ2) is 4.29. The third kappa shape index (κ3) is 2.84. The largest absolute Gasteiger partial charge is 0.381 e. The Hall–Kier alpha value is -0.300. The van der Waals surface area contributed by atoms with Crippen molar-refractivity contribution in [2.24, 2.45) is 17.3 Å².